The number of Topliss-reactive ketones (excluding diaryl/α,β-unsaturated/α-hetero) is 4. The zero-order chi connectivity index (χ0) is 66.7. The molecule has 4 aliphatic rings. The summed E-state index contributed by atoms with van der Waals surface area (Å²) in [7, 11) is 0. The first-order valence-electron chi connectivity index (χ1n) is 30.6. The van der Waals surface area contributed by atoms with Crippen molar-refractivity contribution in [1.29, 1.82) is 0 Å². The summed E-state index contributed by atoms with van der Waals surface area (Å²) in [6.07, 6.45) is 8.91. The van der Waals surface area contributed by atoms with Gasteiger partial charge in [0.25, 0.3) is 0 Å². The highest BCUT2D eigenvalue weighted by Gasteiger charge is 2.32. The minimum Gasteiger partial charge on any atom is -0.364 e. The molecule has 4 saturated heterocycles. The Bertz CT molecular complexity index is 3870. The highest BCUT2D eigenvalue weighted by molar-refractivity contribution is 8.00. The molecule has 8 heterocycles. The topological polar surface area (TPSA) is 245 Å². The molecule has 0 spiro atoms. The van der Waals surface area contributed by atoms with E-state index in [0.717, 1.165) is 38.1 Å². The van der Waals surface area contributed by atoms with Crippen molar-refractivity contribution in [3.05, 3.63) is 257 Å². The summed E-state index contributed by atoms with van der Waals surface area (Å²) in [4.78, 5) is 113. The molecule has 4 fully saturated rings. The largest absolute Gasteiger partial charge is 0.364 e. The van der Waals surface area contributed by atoms with Gasteiger partial charge in [0.15, 0.2) is 34.8 Å². The van der Waals surface area contributed by atoms with Crippen LogP contribution >= 0.6 is 47.0 Å². The third-order valence-corrected chi connectivity index (χ3v) is 20.8. The number of ether oxygens (including phenoxy) is 4. The van der Waals surface area contributed by atoms with E-state index in [-0.39, 0.29) is 115 Å². The highest BCUT2D eigenvalue weighted by Crippen LogP contribution is 2.39. The smallest absolute Gasteiger partial charge is 0.349 e. The third kappa shape index (κ3) is 19.2. The van der Waals surface area contributed by atoms with Gasteiger partial charge in [0.1, 0.15) is 43.2 Å². The lowest BCUT2D eigenvalue weighted by molar-refractivity contribution is 0.0982. The van der Waals surface area contributed by atoms with Crippen LogP contribution in [0.4, 0.5) is 8.78 Å². The van der Waals surface area contributed by atoms with Gasteiger partial charge in [-0.05, 0) is 37.8 Å². The first-order valence-corrected chi connectivity index (χ1v) is 34.4. The van der Waals surface area contributed by atoms with Gasteiger partial charge in [-0.3, -0.25) is 37.4 Å². The Morgan fingerprint density at radius 2 is 0.638 bits per heavy atom. The molecule has 20 nitrogen and oxygen atoms in total. The van der Waals surface area contributed by atoms with E-state index in [1.165, 1.54) is 32.7 Å². The zero-order valence-electron chi connectivity index (χ0n) is 52.0. The quantitative estimate of drug-likeness (QED) is 0.0644. The Labute approximate surface area is 557 Å². The van der Waals surface area contributed by atoms with E-state index >= 15 is 0 Å². The predicted molar refractivity (Wildman–Crippen MR) is 358 cm³/mol. The lowest BCUT2D eigenvalue weighted by atomic mass is 10.1. The molecule has 0 amide bonds. The number of carbonyl (C=O) groups is 4. The monoisotopic (exact) mass is 1360 g/mol. The van der Waals surface area contributed by atoms with Gasteiger partial charge in [0.05, 0.1) is 74.9 Å². The van der Waals surface area contributed by atoms with Gasteiger partial charge in [-0.2, -0.15) is 19.9 Å². The molecule has 0 unspecified atom stereocenters. The summed E-state index contributed by atoms with van der Waals surface area (Å²) in [6, 6.07) is 38.7. The first kappa shape index (κ1) is 70.5. The van der Waals surface area contributed by atoms with Crippen molar-refractivity contribution in [3.8, 4) is 0 Å². The Morgan fingerprint density at radius 1 is 0.383 bits per heavy atom. The maximum atomic E-state index is 14.3. The second-order valence-electron chi connectivity index (χ2n) is 21.6. The van der Waals surface area contributed by atoms with E-state index in [9.17, 15) is 47.1 Å². The van der Waals surface area contributed by atoms with Crippen LogP contribution < -0.4 is 22.8 Å². The minimum absolute atomic E-state index is 0.00398. The summed E-state index contributed by atoms with van der Waals surface area (Å²) >= 11 is 6.20. The summed E-state index contributed by atoms with van der Waals surface area (Å²) in [6.45, 7) is 9.78. The van der Waals surface area contributed by atoms with Crippen LogP contribution in [-0.4, -0.2) is 110 Å². The summed E-state index contributed by atoms with van der Waals surface area (Å²) in [5.74, 6) is -1.94. The Morgan fingerprint density at radius 3 is 0.894 bits per heavy atom. The van der Waals surface area contributed by atoms with Crippen molar-refractivity contribution in [1.82, 2.24) is 38.2 Å². The normalized spacial score (nSPS) is 20.4. The predicted octanol–water partition coefficient (Wildman–Crippen LogP) is 10.9. The van der Waals surface area contributed by atoms with E-state index in [1.807, 2.05) is 50.2 Å². The summed E-state index contributed by atoms with van der Waals surface area (Å²) < 4.78 is 56.5. The fraction of sp³-hybridized carbons (Fsp3) is 0.353. The molecular weight excluding hydrogens is 1290 g/mol. The van der Waals surface area contributed by atoms with Crippen molar-refractivity contribution in [2.45, 2.75) is 122 Å². The van der Waals surface area contributed by atoms with Gasteiger partial charge < -0.3 is 18.9 Å². The third-order valence-electron chi connectivity index (χ3n) is 15.0. The van der Waals surface area contributed by atoms with Crippen LogP contribution in [-0.2, 0) is 44.6 Å². The van der Waals surface area contributed by atoms with E-state index < -0.39 is 23.0 Å². The molecule has 0 saturated carbocycles. The van der Waals surface area contributed by atoms with E-state index in [2.05, 4.69) is 33.8 Å². The van der Waals surface area contributed by atoms with Crippen molar-refractivity contribution in [2.75, 3.05) is 26.4 Å². The molecule has 12 rings (SSSR count). The number of carbonyl (C=O) groups excluding carboxylic acids is 4. The second kappa shape index (κ2) is 34.5. The number of thioether (sulfide) groups is 4. The fourth-order valence-corrected chi connectivity index (χ4v) is 14.5. The van der Waals surface area contributed by atoms with Crippen molar-refractivity contribution < 1.29 is 46.9 Å². The average Bonchev–Trinajstić information content (AvgIpc) is 1.45. The standard InChI is InChI=1S/2C17H17FN2O3S.2C17H18N2O3S/c2*1-2-16-23-10-15(24-16)20-9-12(18)13(19-17(20)22)8-14(21)11-6-4-3-5-7-11;2*1-2-16-22-11-15(23-16)19-9-8-13(18-17(19)21)10-14(20)12-6-4-3-5-7-12/h2*3-7,9,15-16H,2,8,10H2,1H3;2*3-9,15-16H,2,10-11H2,1H3/t4*15-,16-/m1010/s1. The molecule has 4 aromatic carbocycles. The molecule has 8 atom stereocenters. The Hall–Kier alpha value is -7.82. The fourth-order valence-electron chi connectivity index (χ4n) is 9.90. The van der Waals surface area contributed by atoms with E-state index in [0.29, 0.717) is 60.1 Å². The van der Waals surface area contributed by atoms with E-state index in [4.69, 9.17) is 18.9 Å². The van der Waals surface area contributed by atoms with Crippen molar-refractivity contribution >= 4 is 70.2 Å². The maximum Gasteiger partial charge on any atom is 0.349 e. The van der Waals surface area contributed by atoms with Gasteiger partial charge in [-0.1, -0.05) is 149 Å². The van der Waals surface area contributed by atoms with Gasteiger partial charge in [0, 0.05) is 47.0 Å². The van der Waals surface area contributed by atoms with Crippen molar-refractivity contribution in [3.63, 3.8) is 0 Å². The molecular formula is C68H70F2N8O12S4. The molecule has 0 aliphatic carbocycles. The molecule has 4 aliphatic heterocycles. The molecule has 0 bridgehead atoms. The van der Waals surface area contributed by atoms with Gasteiger partial charge in [0.2, 0.25) is 0 Å². The number of halogens is 2. The highest BCUT2D eigenvalue weighted by atomic mass is 32.2. The number of aromatic nitrogens is 8. The van der Waals surface area contributed by atoms with E-state index in [1.54, 1.807) is 142 Å². The number of ketones is 4. The maximum absolute atomic E-state index is 14.3. The van der Waals surface area contributed by atoms with Gasteiger partial charge in [-0.15, -0.1) is 47.0 Å². The lowest BCUT2D eigenvalue weighted by Crippen LogP contribution is -2.28. The van der Waals surface area contributed by atoms with Crippen LogP contribution in [0.5, 0.6) is 0 Å². The minimum atomic E-state index is -0.653. The lowest BCUT2D eigenvalue weighted by Gasteiger charge is -2.12. The molecule has 0 radical (unpaired) electrons. The van der Waals surface area contributed by atoms with Crippen LogP contribution in [0.1, 0.15) is 139 Å². The van der Waals surface area contributed by atoms with Gasteiger partial charge in [-0.25, -0.2) is 28.0 Å². The molecule has 4 aromatic heterocycles. The number of rotatable bonds is 20. The SMILES string of the molecule is CC[C@@H]1OC[C@H](n2cc(F)c(CC(=O)c3ccccc3)nc2=O)S1.CC[C@@H]1OC[C@H](n2ccc(CC(=O)c3ccccc3)nc2=O)S1.CC[C@H]1OC[C@@H](n2cc(F)c(CC(=O)c3ccccc3)nc2=O)S1.CC[C@H]1OC[C@@H](n2ccc(CC(=O)c3ccccc3)nc2=O)S1. The van der Waals surface area contributed by atoms with Crippen LogP contribution in [0.25, 0.3) is 0 Å². The number of hydrogen-bond acceptors (Lipinski definition) is 20. The molecule has 0 N–H and O–H groups in total. The summed E-state index contributed by atoms with van der Waals surface area (Å²) in [5, 5.41) is -0.663. The number of benzene rings is 4. The average molecular weight is 1360 g/mol. The van der Waals surface area contributed by atoms with Crippen molar-refractivity contribution in [2.24, 2.45) is 0 Å². The van der Waals surface area contributed by atoms with Crippen LogP contribution in [0, 0.1) is 11.6 Å². The van der Waals surface area contributed by atoms with Crippen LogP contribution in [0.2, 0.25) is 0 Å². The number of nitrogens with zero attached hydrogens (tertiary/aromatic N) is 8. The Balaban J connectivity index is 0.000000148. The molecule has 492 valence electrons. The molecule has 94 heavy (non-hydrogen) atoms. The Kier molecular flexibility index (Phi) is 25.9. The first-order chi connectivity index (χ1) is 45.5. The second-order valence-corrected chi connectivity index (χ2v) is 26.9. The molecule has 8 aromatic rings. The summed E-state index contributed by atoms with van der Waals surface area (Å²) in [5.41, 5.74) is 1.41. The zero-order valence-corrected chi connectivity index (χ0v) is 55.2. The molecule has 26 heteroatoms. The van der Waals surface area contributed by atoms with Crippen LogP contribution in [0.15, 0.2) is 177 Å². The van der Waals surface area contributed by atoms with Crippen LogP contribution in [0.3, 0.4) is 0 Å². The van der Waals surface area contributed by atoms with Gasteiger partial charge >= 0.3 is 22.8 Å². The number of hydrogen-bond donors (Lipinski definition) is 0.